The number of nitrogens with one attached hydrogen (secondary N) is 1. The molecular formula is C12H21N3O. The fraction of sp³-hybridized carbons (Fsp3) is 0.750. The van der Waals surface area contributed by atoms with Crippen molar-refractivity contribution in [3.05, 3.63) is 11.3 Å². The Kier molecular flexibility index (Phi) is 3.49. The second kappa shape index (κ2) is 4.87. The number of hydrogen-bond acceptors (Lipinski definition) is 3. The minimum Gasteiger partial charge on any atom is -0.481 e. The van der Waals surface area contributed by atoms with Gasteiger partial charge >= 0.3 is 0 Å². The summed E-state index contributed by atoms with van der Waals surface area (Å²) in [5, 5.41) is 7.83. The van der Waals surface area contributed by atoms with Crippen LogP contribution in [0.2, 0.25) is 0 Å². The topological polar surface area (TPSA) is 39.1 Å². The molecule has 0 atom stereocenters. The second-order valence-electron chi connectivity index (χ2n) is 4.61. The van der Waals surface area contributed by atoms with E-state index < -0.39 is 0 Å². The number of nitrogens with zero attached hydrogens (tertiary/aromatic N) is 2. The van der Waals surface area contributed by atoms with E-state index in [0.29, 0.717) is 0 Å². The molecular weight excluding hydrogens is 202 g/mol. The minimum absolute atomic E-state index is 0.857. The monoisotopic (exact) mass is 223 g/mol. The smallest absolute Gasteiger partial charge is 0.216 e. The van der Waals surface area contributed by atoms with Gasteiger partial charge in [0.05, 0.1) is 18.4 Å². The van der Waals surface area contributed by atoms with E-state index in [1.54, 1.807) is 11.8 Å². The number of rotatable bonds is 6. The van der Waals surface area contributed by atoms with Crippen LogP contribution in [-0.4, -0.2) is 23.4 Å². The lowest BCUT2D eigenvalue weighted by Gasteiger charge is -2.06. The molecule has 1 N–H and O–H groups in total. The third kappa shape index (κ3) is 2.55. The lowest BCUT2D eigenvalue weighted by Crippen LogP contribution is -2.16. The van der Waals surface area contributed by atoms with Crippen molar-refractivity contribution < 1.29 is 4.74 Å². The van der Waals surface area contributed by atoms with E-state index in [4.69, 9.17) is 4.74 Å². The molecule has 1 fully saturated rings. The van der Waals surface area contributed by atoms with Crippen molar-refractivity contribution >= 4 is 0 Å². The quantitative estimate of drug-likeness (QED) is 0.745. The van der Waals surface area contributed by atoms with Crippen LogP contribution in [0, 0.1) is 12.8 Å². The van der Waals surface area contributed by atoms with Crippen LogP contribution in [0.3, 0.4) is 0 Å². The van der Waals surface area contributed by atoms with Crippen LogP contribution < -0.4 is 10.1 Å². The minimum atomic E-state index is 0.857. The predicted molar refractivity (Wildman–Crippen MR) is 63.5 cm³/mol. The summed E-state index contributed by atoms with van der Waals surface area (Å²) in [5.74, 6) is 1.86. The van der Waals surface area contributed by atoms with Crippen molar-refractivity contribution in [3.8, 4) is 5.88 Å². The van der Waals surface area contributed by atoms with E-state index in [2.05, 4.69) is 10.4 Å². The maximum atomic E-state index is 5.35. The highest BCUT2D eigenvalue weighted by Crippen LogP contribution is 2.31. The molecule has 90 valence electrons. The predicted octanol–water partition coefficient (Wildman–Crippen LogP) is 1.63. The van der Waals surface area contributed by atoms with Gasteiger partial charge in [0, 0.05) is 13.6 Å². The van der Waals surface area contributed by atoms with E-state index >= 15 is 0 Å². The molecule has 1 aliphatic rings. The summed E-state index contributed by atoms with van der Waals surface area (Å²) in [6.07, 6.45) is 4.16. The molecule has 4 heteroatoms. The first kappa shape index (κ1) is 11.5. The van der Waals surface area contributed by atoms with Crippen LogP contribution in [0.5, 0.6) is 5.88 Å². The van der Waals surface area contributed by atoms with Gasteiger partial charge in [0.15, 0.2) is 0 Å². The molecule has 1 aliphatic carbocycles. The SMILES string of the molecule is COc1c(CNCCC2CC2)c(C)nn1C. The zero-order valence-electron chi connectivity index (χ0n) is 10.4. The Morgan fingerprint density at radius 3 is 2.88 bits per heavy atom. The fourth-order valence-corrected chi connectivity index (χ4v) is 2.07. The average molecular weight is 223 g/mol. The van der Waals surface area contributed by atoms with Gasteiger partial charge in [0.2, 0.25) is 5.88 Å². The number of aromatic nitrogens is 2. The van der Waals surface area contributed by atoms with Gasteiger partial charge in [-0.25, -0.2) is 4.68 Å². The van der Waals surface area contributed by atoms with Gasteiger partial charge in [0.25, 0.3) is 0 Å². The number of hydrogen-bond donors (Lipinski definition) is 1. The molecule has 1 aromatic rings. The van der Waals surface area contributed by atoms with Gasteiger partial charge in [-0.2, -0.15) is 5.10 Å². The molecule has 2 rings (SSSR count). The summed E-state index contributed by atoms with van der Waals surface area (Å²) in [4.78, 5) is 0. The Morgan fingerprint density at radius 2 is 2.25 bits per heavy atom. The average Bonchev–Trinajstić information content (AvgIpc) is 3.01. The first-order chi connectivity index (χ1) is 7.72. The molecule has 1 heterocycles. The van der Waals surface area contributed by atoms with Crippen molar-refractivity contribution in [2.75, 3.05) is 13.7 Å². The third-order valence-electron chi connectivity index (χ3n) is 3.21. The molecule has 0 unspecified atom stereocenters. The van der Waals surface area contributed by atoms with Crippen molar-refractivity contribution in [2.45, 2.75) is 32.7 Å². The molecule has 0 spiro atoms. The summed E-state index contributed by atoms with van der Waals surface area (Å²) in [5.41, 5.74) is 2.24. The lowest BCUT2D eigenvalue weighted by atomic mass is 10.2. The first-order valence-electron chi connectivity index (χ1n) is 5.99. The Bertz CT molecular complexity index is 355. The zero-order valence-corrected chi connectivity index (χ0v) is 10.4. The number of aryl methyl sites for hydroxylation is 2. The summed E-state index contributed by atoms with van der Waals surface area (Å²) >= 11 is 0. The molecule has 0 aromatic carbocycles. The van der Waals surface area contributed by atoms with E-state index in [1.165, 1.54) is 24.8 Å². The van der Waals surface area contributed by atoms with E-state index in [9.17, 15) is 0 Å². The molecule has 1 aromatic heterocycles. The Hall–Kier alpha value is -1.03. The van der Waals surface area contributed by atoms with Gasteiger partial charge in [0.1, 0.15) is 0 Å². The maximum Gasteiger partial charge on any atom is 0.216 e. The highest BCUT2D eigenvalue weighted by Gasteiger charge is 2.20. The second-order valence-corrected chi connectivity index (χ2v) is 4.61. The van der Waals surface area contributed by atoms with Crippen molar-refractivity contribution in [1.29, 1.82) is 0 Å². The molecule has 1 saturated carbocycles. The highest BCUT2D eigenvalue weighted by atomic mass is 16.5. The fourth-order valence-electron chi connectivity index (χ4n) is 2.07. The van der Waals surface area contributed by atoms with E-state index in [1.807, 2.05) is 14.0 Å². The number of ether oxygens (including phenoxy) is 1. The molecule has 0 aliphatic heterocycles. The van der Waals surface area contributed by atoms with Gasteiger partial charge in [-0.05, 0) is 25.8 Å². The van der Waals surface area contributed by atoms with Crippen molar-refractivity contribution in [3.63, 3.8) is 0 Å². The molecule has 0 saturated heterocycles. The van der Waals surface area contributed by atoms with Gasteiger partial charge in [-0.3, -0.25) is 0 Å². The summed E-state index contributed by atoms with van der Waals surface area (Å²) in [6, 6.07) is 0. The van der Waals surface area contributed by atoms with Gasteiger partial charge in [-0.15, -0.1) is 0 Å². The summed E-state index contributed by atoms with van der Waals surface area (Å²) in [7, 11) is 3.61. The molecule has 0 radical (unpaired) electrons. The molecule has 4 nitrogen and oxygen atoms in total. The van der Waals surface area contributed by atoms with Crippen molar-refractivity contribution in [2.24, 2.45) is 13.0 Å². The largest absolute Gasteiger partial charge is 0.481 e. The Labute approximate surface area is 97.0 Å². The van der Waals surface area contributed by atoms with Crippen LogP contribution in [0.25, 0.3) is 0 Å². The Morgan fingerprint density at radius 1 is 1.50 bits per heavy atom. The normalized spacial score (nSPS) is 15.4. The molecule has 16 heavy (non-hydrogen) atoms. The van der Waals surface area contributed by atoms with Gasteiger partial charge < -0.3 is 10.1 Å². The van der Waals surface area contributed by atoms with E-state index in [0.717, 1.165) is 30.6 Å². The Balaban J connectivity index is 1.86. The van der Waals surface area contributed by atoms with Crippen LogP contribution in [-0.2, 0) is 13.6 Å². The lowest BCUT2D eigenvalue weighted by molar-refractivity contribution is 0.368. The van der Waals surface area contributed by atoms with Crippen LogP contribution >= 0.6 is 0 Å². The van der Waals surface area contributed by atoms with Crippen molar-refractivity contribution in [1.82, 2.24) is 15.1 Å². The molecule has 0 bridgehead atoms. The molecule has 0 amide bonds. The summed E-state index contributed by atoms with van der Waals surface area (Å²) in [6.45, 7) is 3.98. The van der Waals surface area contributed by atoms with Gasteiger partial charge in [-0.1, -0.05) is 12.8 Å². The summed E-state index contributed by atoms with van der Waals surface area (Å²) < 4.78 is 7.15. The highest BCUT2D eigenvalue weighted by molar-refractivity contribution is 5.30. The third-order valence-corrected chi connectivity index (χ3v) is 3.21. The van der Waals surface area contributed by atoms with Crippen LogP contribution in [0.4, 0.5) is 0 Å². The maximum absolute atomic E-state index is 5.35. The van der Waals surface area contributed by atoms with Crippen LogP contribution in [0.15, 0.2) is 0 Å². The van der Waals surface area contributed by atoms with E-state index in [-0.39, 0.29) is 0 Å². The standard InChI is InChI=1S/C12H21N3O/c1-9-11(12(16-3)15(2)14-9)8-13-7-6-10-4-5-10/h10,13H,4-8H2,1-3H3. The van der Waals surface area contributed by atoms with Crippen LogP contribution in [0.1, 0.15) is 30.5 Å². The number of methoxy groups -OCH3 is 1. The first-order valence-corrected chi connectivity index (χ1v) is 5.99. The zero-order chi connectivity index (χ0) is 11.5.